The lowest BCUT2D eigenvalue weighted by Gasteiger charge is -2.23. The first-order valence-electron chi connectivity index (χ1n) is 12.6. The van der Waals surface area contributed by atoms with E-state index in [4.69, 9.17) is 24.1 Å². The van der Waals surface area contributed by atoms with Gasteiger partial charge in [0.15, 0.2) is 11.5 Å². The summed E-state index contributed by atoms with van der Waals surface area (Å²) in [5.41, 5.74) is 0.931. The summed E-state index contributed by atoms with van der Waals surface area (Å²) in [7, 11) is 0. The molecule has 0 aliphatic carbocycles. The normalized spacial score (nSPS) is 10.2. The number of benzene rings is 1. The predicted octanol–water partition coefficient (Wildman–Crippen LogP) is 6.93. The number of ether oxygens (including phenoxy) is 4. The molecule has 0 aliphatic rings. The van der Waals surface area contributed by atoms with E-state index in [1.54, 1.807) is 0 Å². The van der Waals surface area contributed by atoms with E-state index >= 15 is 0 Å². The van der Waals surface area contributed by atoms with Crippen LogP contribution in [0.25, 0.3) is 0 Å². The fraction of sp³-hybridized carbons (Fsp3) is 0.667. The lowest BCUT2D eigenvalue weighted by molar-refractivity contribution is -0.132. The van der Waals surface area contributed by atoms with Gasteiger partial charge in [0.2, 0.25) is 17.2 Å². The zero-order valence-electron chi connectivity index (χ0n) is 22.1. The van der Waals surface area contributed by atoms with Crippen molar-refractivity contribution >= 4 is 5.97 Å². The maximum atomic E-state index is 11.0. The molecule has 1 aromatic carbocycles. The molecule has 7 nitrogen and oxygen atoms in total. The first kappa shape index (κ1) is 31.4. The number of aliphatic carboxylic acids is 1. The number of carboxylic acid groups (broad SMARTS) is 1. The highest BCUT2D eigenvalue weighted by Gasteiger charge is 2.28. The second-order valence-electron chi connectivity index (χ2n) is 7.83. The summed E-state index contributed by atoms with van der Waals surface area (Å²) in [5.74, 6) is 1.08. The number of carbonyl (C=O) groups is 1. The van der Waals surface area contributed by atoms with Crippen LogP contribution < -0.4 is 18.9 Å². The summed E-state index contributed by atoms with van der Waals surface area (Å²) in [6.07, 6.45) is 9.22. The maximum absolute atomic E-state index is 11.0. The van der Waals surface area contributed by atoms with Gasteiger partial charge < -0.3 is 29.2 Å². The molecule has 2 N–H and O–H groups in total. The van der Waals surface area contributed by atoms with E-state index in [1.807, 2.05) is 27.7 Å². The van der Waals surface area contributed by atoms with Crippen molar-refractivity contribution in [1.82, 2.24) is 0 Å². The number of hydrogen-bond donors (Lipinski definition) is 2. The SMILES string of the molecule is C=C(C)C(=O)O.CCCCCCCCCc1c(O)c(OCC)c(OCC)c(OCC)c1OCC. The molecule has 34 heavy (non-hydrogen) atoms. The van der Waals surface area contributed by atoms with Crippen molar-refractivity contribution in [3.05, 3.63) is 17.7 Å². The highest BCUT2D eigenvalue weighted by Crippen LogP contribution is 2.54. The van der Waals surface area contributed by atoms with E-state index in [1.165, 1.54) is 39.0 Å². The Morgan fingerprint density at radius 3 is 1.53 bits per heavy atom. The van der Waals surface area contributed by atoms with Crippen LogP contribution in [-0.4, -0.2) is 42.6 Å². The molecule has 0 saturated heterocycles. The summed E-state index contributed by atoms with van der Waals surface area (Å²) < 4.78 is 23.3. The van der Waals surface area contributed by atoms with Crippen LogP contribution in [0.2, 0.25) is 0 Å². The van der Waals surface area contributed by atoms with Gasteiger partial charge in [-0.1, -0.05) is 52.0 Å². The van der Waals surface area contributed by atoms with Crippen LogP contribution in [0.4, 0.5) is 0 Å². The molecule has 0 aromatic heterocycles. The Labute approximate surface area is 206 Å². The van der Waals surface area contributed by atoms with Crippen LogP contribution in [0.3, 0.4) is 0 Å². The molecule has 7 heteroatoms. The molecule has 0 heterocycles. The Morgan fingerprint density at radius 2 is 1.09 bits per heavy atom. The van der Waals surface area contributed by atoms with Crippen molar-refractivity contribution in [3.8, 4) is 28.7 Å². The molecule has 0 unspecified atom stereocenters. The average Bonchev–Trinajstić information content (AvgIpc) is 2.80. The molecule has 0 fully saturated rings. The molecule has 0 bridgehead atoms. The average molecular weight is 483 g/mol. The smallest absolute Gasteiger partial charge is 0.330 e. The molecule has 1 rings (SSSR count). The van der Waals surface area contributed by atoms with Crippen molar-refractivity contribution < 1.29 is 34.0 Å². The Morgan fingerprint density at radius 1 is 0.706 bits per heavy atom. The number of phenols is 1. The van der Waals surface area contributed by atoms with E-state index in [2.05, 4.69) is 13.5 Å². The lowest BCUT2D eigenvalue weighted by Crippen LogP contribution is -2.08. The highest BCUT2D eigenvalue weighted by molar-refractivity contribution is 5.84. The van der Waals surface area contributed by atoms with Crippen molar-refractivity contribution in [3.63, 3.8) is 0 Å². The Hall–Kier alpha value is -2.57. The van der Waals surface area contributed by atoms with Gasteiger partial charge in [-0.3, -0.25) is 0 Å². The van der Waals surface area contributed by atoms with Gasteiger partial charge in [-0.2, -0.15) is 0 Å². The zero-order chi connectivity index (χ0) is 25.9. The van der Waals surface area contributed by atoms with Gasteiger partial charge in [-0.15, -0.1) is 0 Å². The van der Waals surface area contributed by atoms with Gasteiger partial charge in [0.05, 0.1) is 26.4 Å². The third kappa shape index (κ3) is 11.0. The van der Waals surface area contributed by atoms with Gasteiger partial charge in [-0.05, 0) is 47.5 Å². The van der Waals surface area contributed by atoms with E-state index in [-0.39, 0.29) is 11.3 Å². The number of carboxylic acids is 1. The second kappa shape index (κ2) is 18.8. The quantitative estimate of drug-likeness (QED) is 0.184. The minimum absolute atomic E-state index is 0.114. The van der Waals surface area contributed by atoms with Crippen molar-refractivity contribution in [2.75, 3.05) is 26.4 Å². The van der Waals surface area contributed by atoms with Crippen LogP contribution >= 0.6 is 0 Å². The van der Waals surface area contributed by atoms with Gasteiger partial charge in [0.25, 0.3) is 0 Å². The molecular weight excluding hydrogens is 436 g/mol. The Bertz CT molecular complexity index is 716. The van der Waals surface area contributed by atoms with Gasteiger partial charge >= 0.3 is 5.97 Å². The number of unbranched alkanes of at least 4 members (excludes halogenated alkanes) is 6. The van der Waals surface area contributed by atoms with Gasteiger partial charge in [0.1, 0.15) is 0 Å². The summed E-state index contributed by atoms with van der Waals surface area (Å²) in [6, 6.07) is 0. The number of rotatable bonds is 17. The summed E-state index contributed by atoms with van der Waals surface area (Å²) in [4.78, 5) is 9.60. The van der Waals surface area contributed by atoms with E-state index < -0.39 is 5.97 Å². The standard InChI is InChI=1S/C23H40O5.C4H6O2/c1-6-11-12-13-14-15-16-17-18-19(24)21(26-8-3)23(28-10-5)22(27-9-4)20(18)25-7-2;1-3(2)4(5)6/h24H,6-17H2,1-5H3;1H2,2H3,(H,5,6). The van der Waals surface area contributed by atoms with Crippen LogP contribution in [0, 0.1) is 0 Å². The molecule has 0 amide bonds. The fourth-order valence-electron chi connectivity index (χ4n) is 3.31. The maximum Gasteiger partial charge on any atom is 0.330 e. The summed E-state index contributed by atoms with van der Waals surface area (Å²) >= 11 is 0. The number of aromatic hydroxyl groups is 1. The van der Waals surface area contributed by atoms with Crippen molar-refractivity contribution in [1.29, 1.82) is 0 Å². The molecular formula is C27H46O7. The second-order valence-corrected chi connectivity index (χ2v) is 7.83. The van der Waals surface area contributed by atoms with Crippen LogP contribution in [0.5, 0.6) is 28.7 Å². The fourth-order valence-corrected chi connectivity index (χ4v) is 3.31. The number of phenolic OH excluding ortho intramolecular Hbond substituents is 1. The Balaban J connectivity index is 0.00000160. The molecule has 0 spiro atoms. The van der Waals surface area contributed by atoms with E-state index in [0.29, 0.717) is 49.4 Å². The first-order chi connectivity index (χ1) is 16.3. The molecule has 0 radical (unpaired) electrons. The third-order valence-corrected chi connectivity index (χ3v) is 4.94. The predicted molar refractivity (Wildman–Crippen MR) is 137 cm³/mol. The van der Waals surface area contributed by atoms with Crippen molar-refractivity contribution in [2.45, 2.75) is 92.9 Å². The van der Waals surface area contributed by atoms with Crippen molar-refractivity contribution in [2.24, 2.45) is 0 Å². The monoisotopic (exact) mass is 482 g/mol. The molecule has 196 valence electrons. The van der Waals surface area contributed by atoms with Crippen LogP contribution in [0.1, 0.15) is 92.1 Å². The molecule has 1 aromatic rings. The minimum Gasteiger partial charge on any atom is -0.504 e. The van der Waals surface area contributed by atoms with E-state index in [0.717, 1.165) is 24.8 Å². The highest BCUT2D eigenvalue weighted by atomic mass is 16.6. The van der Waals surface area contributed by atoms with Gasteiger partial charge in [0, 0.05) is 11.1 Å². The van der Waals surface area contributed by atoms with E-state index in [9.17, 15) is 9.90 Å². The minimum atomic E-state index is -0.935. The number of hydrogen-bond acceptors (Lipinski definition) is 6. The topological polar surface area (TPSA) is 94.5 Å². The molecule has 0 atom stereocenters. The Kier molecular flexibility index (Phi) is 17.4. The molecule has 0 saturated carbocycles. The third-order valence-electron chi connectivity index (χ3n) is 4.94. The zero-order valence-corrected chi connectivity index (χ0v) is 22.1. The summed E-state index contributed by atoms with van der Waals surface area (Å²) in [5, 5.41) is 18.9. The van der Waals surface area contributed by atoms with Crippen LogP contribution in [0.15, 0.2) is 12.2 Å². The summed E-state index contributed by atoms with van der Waals surface area (Å²) in [6.45, 7) is 16.3. The molecule has 0 aliphatic heterocycles. The first-order valence-corrected chi connectivity index (χ1v) is 12.6. The lowest BCUT2D eigenvalue weighted by atomic mass is 10.0. The van der Waals surface area contributed by atoms with Gasteiger partial charge in [-0.25, -0.2) is 4.79 Å². The van der Waals surface area contributed by atoms with Crippen LogP contribution in [-0.2, 0) is 11.2 Å². The largest absolute Gasteiger partial charge is 0.504 e.